The first-order valence-corrected chi connectivity index (χ1v) is 4.84. The lowest BCUT2D eigenvalue weighted by Crippen LogP contribution is -2.31. The Morgan fingerprint density at radius 3 is 2.69 bits per heavy atom. The minimum Gasteiger partial charge on any atom is -0.313 e. The molecule has 0 atom stereocenters. The fourth-order valence-corrected chi connectivity index (χ4v) is 1.67. The second kappa shape index (κ2) is 3.85. The van der Waals surface area contributed by atoms with Gasteiger partial charge in [-0.15, -0.1) is 0 Å². The van der Waals surface area contributed by atoms with Crippen molar-refractivity contribution in [3.05, 3.63) is 35.9 Å². The van der Waals surface area contributed by atoms with E-state index >= 15 is 0 Å². The minimum absolute atomic E-state index is 0.932. The van der Waals surface area contributed by atoms with E-state index in [4.69, 9.17) is 12.2 Å². The molecule has 0 spiro atoms. The van der Waals surface area contributed by atoms with Crippen molar-refractivity contribution < 1.29 is 0 Å². The molecule has 0 amide bonds. The highest BCUT2D eigenvalue weighted by molar-refractivity contribution is 7.80. The molecule has 2 rings (SSSR count). The Morgan fingerprint density at radius 2 is 2.08 bits per heavy atom. The van der Waals surface area contributed by atoms with Crippen LogP contribution in [-0.4, -0.2) is 16.5 Å². The molecule has 0 aromatic heterocycles. The highest BCUT2D eigenvalue weighted by Gasteiger charge is 2.14. The molecule has 0 bridgehead atoms. The number of hydrazine groups is 1. The summed E-state index contributed by atoms with van der Waals surface area (Å²) in [4.78, 5) is 0.955. The Hall–Kier alpha value is -0.930. The zero-order valence-electron chi connectivity index (χ0n) is 7.36. The van der Waals surface area contributed by atoms with Crippen molar-refractivity contribution in [3.8, 4) is 0 Å². The Balaban J connectivity index is 1.96. The molecule has 1 N–H and O–H groups in total. The largest absolute Gasteiger partial charge is 0.313 e. The molecule has 1 aliphatic rings. The maximum Gasteiger partial charge on any atom is 0.0910 e. The van der Waals surface area contributed by atoms with Crippen LogP contribution in [0.3, 0.4) is 0 Å². The van der Waals surface area contributed by atoms with E-state index in [2.05, 4.69) is 34.7 Å². The summed E-state index contributed by atoms with van der Waals surface area (Å²) in [6.07, 6.45) is 0.988. The van der Waals surface area contributed by atoms with Crippen LogP contribution in [0.5, 0.6) is 0 Å². The molecule has 1 aliphatic heterocycles. The standard InChI is InChI=1S/C10H12N2S/c13-10-6-7-12(11-10)8-9-4-2-1-3-5-9/h1-5H,6-8H2,(H,11,13). The summed E-state index contributed by atoms with van der Waals surface area (Å²) >= 11 is 5.06. The van der Waals surface area contributed by atoms with Crippen LogP contribution in [0.2, 0.25) is 0 Å². The fourth-order valence-electron chi connectivity index (χ4n) is 1.45. The molecule has 1 heterocycles. The maximum atomic E-state index is 5.06. The molecule has 3 heteroatoms. The summed E-state index contributed by atoms with van der Waals surface area (Å²) in [5.41, 5.74) is 4.49. The molecule has 0 radical (unpaired) electrons. The van der Waals surface area contributed by atoms with Crippen LogP contribution in [0.15, 0.2) is 30.3 Å². The normalized spacial score (nSPS) is 17.4. The molecule has 1 aromatic rings. The molecule has 68 valence electrons. The van der Waals surface area contributed by atoms with E-state index in [1.54, 1.807) is 0 Å². The summed E-state index contributed by atoms with van der Waals surface area (Å²) in [7, 11) is 0. The second-order valence-electron chi connectivity index (χ2n) is 3.19. The van der Waals surface area contributed by atoms with E-state index in [1.165, 1.54) is 5.56 Å². The van der Waals surface area contributed by atoms with Crippen LogP contribution in [0, 0.1) is 0 Å². The smallest absolute Gasteiger partial charge is 0.0910 e. The average Bonchev–Trinajstić information content (AvgIpc) is 2.53. The molecular formula is C10H12N2S. The lowest BCUT2D eigenvalue weighted by atomic mass is 10.2. The van der Waals surface area contributed by atoms with Gasteiger partial charge in [-0.05, 0) is 5.56 Å². The summed E-state index contributed by atoms with van der Waals surface area (Å²) in [6.45, 7) is 1.95. The summed E-state index contributed by atoms with van der Waals surface area (Å²) in [5, 5.41) is 2.15. The predicted molar refractivity (Wildman–Crippen MR) is 57.2 cm³/mol. The van der Waals surface area contributed by atoms with E-state index in [-0.39, 0.29) is 0 Å². The van der Waals surface area contributed by atoms with E-state index < -0.39 is 0 Å². The Morgan fingerprint density at radius 1 is 1.31 bits per heavy atom. The lowest BCUT2D eigenvalue weighted by Gasteiger charge is -2.14. The molecular weight excluding hydrogens is 180 g/mol. The number of nitrogens with one attached hydrogen (secondary N) is 1. The van der Waals surface area contributed by atoms with Gasteiger partial charge in [0.05, 0.1) is 4.99 Å². The number of thiocarbonyl (C=S) groups is 1. The summed E-state index contributed by atoms with van der Waals surface area (Å²) in [5.74, 6) is 0. The van der Waals surface area contributed by atoms with Gasteiger partial charge >= 0.3 is 0 Å². The van der Waals surface area contributed by atoms with Gasteiger partial charge in [0.25, 0.3) is 0 Å². The molecule has 0 aliphatic carbocycles. The molecule has 13 heavy (non-hydrogen) atoms. The third kappa shape index (κ3) is 2.26. The topological polar surface area (TPSA) is 15.3 Å². The molecule has 0 unspecified atom stereocenters. The van der Waals surface area contributed by atoms with Gasteiger partial charge < -0.3 is 5.43 Å². The zero-order valence-corrected chi connectivity index (χ0v) is 8.18. The monoisotopic (exact) mass is 192 g/mol. The maximum absolute atomic E-state index is 5.06. The van der Waals surface area contributed by atoms with Gasteiger partial charge in [-0.2, -0.15) is 0 Å². The first-order valence-electron chi connectivity index (χ1n) is 4.43. The van der Waals surface area contributed by atoms with Gasteiger partial charge in [-0.1, -0.05) is 42.5 Å². The number of hydrogen-bond acceptors (Lipinski definition) is 2. The van der Waals surface area contributed by atoms with E-state index in [1.807, 2.05) is 6.07 Å². The van der Waals surface area contributed by atoms with Gasteiger partial charge in [0.2, 0.25) is 0 Å². The van der Waals surface area contributed by atoms with Gasteiger partial charge in [0.1, 0.15) is 0 Å². The third-order valence-corrected chi connectivity index (χ3v) is 2.40. The summed E-state index contributed by atoms with van der Waals surface area (Å²) in [6, 6.07) is 10.4. The third-order valence-electron chi connectivity index (χ3n) is 2.11. The van der Waals surface area contributed by atoms with Gasteiger partial charge in [0.15, 0.2) is 0 Å². The number of hydrogen-bond donors (Lipinski definition) is 1. The Bertz CT molecular complexity index is 297. The van der Waals surface area contributed by atoms with Crippen LogP contribution >= 0.6 is 12.2 Å². The predicted octanol–water partition coefficient (Wildman–Crippen LogP) is 1.72. The first-order chi connectivity index (χ1) is 6.34. The fraction of sp³-hybridized carbons (Fsp3) is 0.300. The molecule has 0 saturated carbocycles. The van der Waals surface area contributed by atoms with E-state index in [0.29, 0.717) is 0 Å². The average molecular weight is 192 g/mol. The van der Waals surface area contributed by atoms with Gasteiger partial charge in [0, 0.05) is 19.5 Å². The molecule has 1 aromatic carbocycles. The molecule has 1 fully saturated rings. The minimum atomic E-state index is 0.932. The van der Waals surface area contributed by atoms with Crippen LogP contribution in [0.1, 0.15) is 12.0 Å². The Kier molecular flexibility index (Phi) is 2.57. The second-order valence-corrected chi connectivity index (χ2v) is 3.68. The Labute approximate surface area is 83.5 Å². The number of rotatable bonds is 2. The SMILES string of the molecule is S=C1CCN(Cc2ccccc2)N1. The van der Waals surface area contributed by atoms with Crippen LogP contribution in [0.25, 0.3) is 0 Å². The highest BCUT2D eigenvalue weighted by Crippen LogP contribution is 2.07. The van der Waals surface area contributed by atoms with Crippen LogP contribution < -0.4 is 5.43 Å². The lowest BCUT2D eigenvalue weighted by molar-refractivity contribution is 0.264. The number of nitrogens with zero attached hydrogens (tertiary/aromatic N) is 1. The van der Waals surface area contributed by atoms with Crippen LogP contribution in [0.4, 0.5) is 0 Å². The van der Waals surface area contributed by atoms with E-state index in [9.17, 15) is 0 Å². The first kappa shape index (κ1) is 8.66. The highest BCUT2D eigenvalue weighted by atomic mass is 32.1. The van der Waals surface area contributed by atoms with E-state index in [0.717, 1.165) is 24.5 Å². The number of benzene rings is 1. The van der Waals surface area contributed by atoms with Crippen molar-refractivity contribution in [1.82, 2.24) is 10.4 Å². The van der Waals surface area contributed by atoms with Gasteiger partial charge in [-0.3, -0.25) is 0 Å². The van der Waals surface area contributed by atoms with Gasteiger partial charge in [-0.25, -0.2) is 5.01 Å². The van der Waals surface area contributed by atoms with Crippen molar-refractivity contribution in [3.63, 3.8) is 0 Å². The molecule has 2 nitrogen and oxygen atoms in total. The van der Waals surface area contributed by atoms with Crippen molar-refractivity contribution in [2.45, 2.75) is 13.0 Å². The van der Waals surface area contributed by atoms with Crippen molar-refractivity contribution in [1.29, 1.82) is 0 Å². The molecule has 1 saturated heterocycles. The summed E-state index contributed by atoms with van der Waals surface area (Å²) < 4.78 is 0. The zero-order chi connectivity index (χ0) is 9.10. The van der Waals surface area contributed by atoms with Crippen LogP contribution in [-0.2, 0) is 6.54 Å². The van der Waals surface area contributed by atoms with Crippen molar-refractivity contribution in [2.75, 3.05) is 6.54 Å². The quantitative estimate of drug-likeness (QED) is 0.718. The van der Waals surface area contributed by atoms with Crippen molar-refractivity contribution >= 4 is 17.2 Å². The van der Waals surface area contributed by atoms with Crippen molar-refractivity contribution in [2.24, 2.45) is 0 Å².